The van der Waals surface area contributed by atoms with Crippen molar-refractivity contribution in [3.8, 4) is 6.07 Å². The third kappa shape index (κ3) is 2.29. The zero-order valence-corrected chi connectivity index (χ0v) is 9.97. The molecular weight excluding hydrogens is 230 g/mol. The minimum absolute atomic E-state index is 0.275. The van der Waals surface area contributed by atoms with Gasteiger partial charge in [-0.05, 0) is 31.0 Å². The van der Waals surface area contributed by atoms with E-state index in [0.717, 1.165) is 18.7 Å². The number of hydrogen-bond acceptors (Lipinski definition) is 4. The summed E-state index contributed by atoms with van der Waals surface area (Å²) in [7, 11) is 0. The average Bonchev–Trinajstić information content (AvgIpc) is 2.39. The van der Waals surface area contributed by atoms with Gasteiger partial charge in [-0.1, -0.05) is 6.07 Å². The van der Waals surface area contributed by atoms with Gasteiger partial charge in [0.2, 0.25) is 0 Å². The van der Waals surface area contributed by atoms with Crippen LogP contribution in [0.2, 0.25) is 0 Å². The molecule has 1 aliphatic heterocycles. The number of carboxylic acid groups (broad SMARTS) is 1. The van der Waals surface area contributed by atoms with Crippen LogP contribution < -0.4 is 10.6 Å². The fourth-order valence-electron chi connectivity index (χ4n) is 2.25. The SMILES string of the molecule is N#Cc1cccc(N2CCCC(N)(C(=O)O)C2)c1. The molecule has 94 valence electrons. The maximum atomic E-state index is 11.2. The molecule has 0 amide bonds. The van der Waals surface area contributed by atoms with Gasteiger partial charge in [0.15, 0.2) is 0 Å². The first-order chi connectivity index (χ1) is 8.55. The van der Waals surface area contributed by atoms with Crippen LogP contribution >= 0.6 is 0 Å². The molecular formula is C13H15N3O2. The molecule has 1 aromatic rings. The van der Waals surface area contributed by atoms with Crippen molar-refractivity contribution in [2.24, 2.45) is 5.73 Å². The van der Waals surface area contributed by atoms with Gasteiger partial charge in [-0.15, -0.1) is 0 Å². The summed E-state index contributed by atoms with van der Waals surface area (Å²) in [6.45, 7) is 1.04. The average molecular weight is 245 g/mol. The van der Waals surface area contributed by atoms with Crippen molar-refractivity contribution in [1.82, 2.24) is 0 Å². The van der Waals surface area contributed by atoms with Crippen molar-refractivity contribution < 1.29 is 9.90 Å². The molecule has 18 heavy (non-hydrogen) atoms. The van der Waals surface area contributed by atoms with Gasteiger partial charge < -0.3 is 15.7 Å². The molecule has 0 aliphatic carbocycles. The second kappa shape index (κ2) is 4.67. The summed E-state index contributed by atoms with van der Waals surface area (Å²) in [6, 6.07) is 9.22. The Morgan fingerprint density at radius 1 is 1.56 bits per heavy atom. The molecule has 1 saturated heterocycles. The van der Waals surface area contributed by atoms with Gasteiger partial charge in [0.1, 0.15) is 5.54 Å². The Kier molecular flexibility index (Phi) is 3.21. The fourth-order valence-corrected chi connectivity index (χ4v) is 2.25. The molecule has 1 fully saturated rings. The second-order valence-electron chi connectivity index (χ2n) is 4.65. The van der Waals surface area contributed by atoms with Gasteiger partial charge in [0.25, 0.3) is 0 Å². The number of rotatable bonds is 2. The summed E-state index contributed by atoms with van der Waals surface area (Å²) < 4.78 is 0. The van der Waals surface area contributed by atoms with Crippen LogP contribution in [0.3, 0.4) is 0 Å². The summed E-state index contributed by atoms with van der Waals surface area (Å²) in [6.07, 6.45) is 1.22. The number of nitrogens with zero attached hydrogens (tertiary/aromatic N) is 2. The molecule has 2 rings (SSSR count). The Balaban J connectivity index is 2.23. The number of benzene rings is 1. The van der Waals surface area contributed by atoms with E-state index in [4.69, 9.17) is 16.1 Å². The smallest absolute Gasteiger partial charge is 0.325 e. The first-order valence-corrected chi connectivity index (χ1v) is 5.82. The van der Waals surface area contributed by atoms with Gasteiger partial charge in [-0.3, -0.25) is 4.79 Å². The normalized spacial score (nSPS) is 23.4. The molecule has 1 aliphatic rings. The summed E-state index contributed by atoms with van der Waals surface area (Å²) in [5.41, 5.74) is 6.12. The summed E-state index contributed by atoms with van der Waals surface area (Å²) in [5.74, 6) is -0.969. The first kappa shape index (κ1) is 12.4. The lowest BCUT2D eigenvalue weighted by atomic mass is 9.90. The van der Waals surface area contributed by atoms with Gasteiger partial charge in [-0.25, -0.2) is 0 Å². The standard InChI is InChI=1S/C13H15N3O2/c14-8-10-3-1-4-11(7-10)16-6-2-5-13(15,9-16)12(17)18/h1,3-4,7H,2,5-6,9,15H2,(H,17,18). The van der Waals surface area contributed by atoms with E-state index in [2.05, 4.69) is 6.07 Å². The van der Waals surface area contributed by atoms with Crippen LogP contribution in [0.25, 0.3) is 0 Å². The zero-order chi connectivity index (χ0) is 13.2. The monoisotopic (exact) mass is 245 g/mol. The minimum atomic E-state index is -1.19. The van der Waals surface area contributed by atoms with E-state index in [1.165, 1.54) is 0 Å². The van der Waals surface area contributed by atoms with E-state index in [1.54, 1.807) is 18.2 Å². The highest BCUT2D eigenvalue weighted by Crippen LogP contribution is 2.25. The van der Waals surface area contributed by atoms with Crippen LogP contribution in [-0.4, -0.2) is 29.7 Å². The van der Waals surface area contributed by atoms with Crippen LogP contribution in [0.4, 0.5) is 5.69 Å². The number of carboxylic acids is 1. The van der Waals surface area contributed by atoms with E-state index in [9.17, 15) is 4.79 Å². The van der Waals surface area contributed by atoms with Crippen LogP contribution in [0.5, 0.6) is 0 Å². The number of hydrogen-bond donors (Lipinski definition) is 2. The molecule has 0 spiro atoms. The molecule has 0 bridgehead atoms. The molecule has 1 atom stereocenters. The third-order valence-corrected chi connectivity index (χ3v) is 3.29. The predicted molar refractivity (Wildman–Crippen MR) is 67.2 cm³/mol. The Hall–Kier alpha value is -2.06. The summed E-state index contributed by atoms with van der Waals surface area (Å²) >= 11 is 0. The molecule has 0 aromatic heterocycles. The number of aliphatic carboxylic acids is 1. The van der Waals surface area contributed by atoms with Crippen molar-refractivity contribution >= 4 is 11.7 Å². The van der Waals surface area contributed by atoms with E-state index >= 15 is 0 Å². The van der Waals surface area contributed by atoms with Gasteiger partial charge in [-0.2, -0.15) is 5.26 Å². The highest BCUT2D eigenvalue weighted by atomic mass is 16.4. The molecule has 5 heteroatoms. The molecule has 1 heterocycles. The third-order valence-electron chi connectivity index (χ3n) is 3.29. The highest BCUT2D eigenvalue weighted by Gasteiger charge is 2.38. The lowest BCUT2D eigenvalue weighted by Crippen LogP contribution is -2.59. The van der Waals surface area contributed by atoms with Crippen LogP contribution in [0.15, 0.2) is 24.3 Å². The van der Waals surface area contributed by atoms with Crippen molar-refractivity contribution in [3.63, 3.8) is 0 Å². The number of anilines is 1. The number of nitriles is 1. The zero-order valence-electron chi connectivity index (χ0n) is 9.97. The van der Waals surface area contributed by atoms with Crippen LogP contribution in [0.1, 0.15) is 18.4 Å². The van der Waals surface area contributed by atoms with Crippen molar-refractivity contribution in [2.45, 2.75) is 18.4 Å². The Labute approximate surface area is 105 Å². The minimum Gasteiger partial charge on any atom is -0.480 e. The molecule has 0 radical (unpaired) electrons. The fraction of sp³-hybridized carbons (Fsp3) is 0.385. The van der Waals surface area contributed by atoms with Gasteiger partial charge in [0, 0.05) is 18.8 Å². The van der Waals surface area contributed by atoms with E-state index in [1.807, 2.05) is 11.0 Å². The number of nitrogens with two attached hydrogens (primary N) is 1. The molecule has 3 N–H and O–H groups in total. The number of piperidine rings is 1. The lowest BCUT2D eigenvalue weighted by molar-refractivity contribution is -0.143. The topological polar surface area (TPSA) is 90.4 Å². The molecule has 5 nitrogen and oxygen atoms in total. The summed E-state index contributed by atoms with van der Waals surface area (Å²) in [5, 5.41) is 18.0. The second-order valence-corrected chi connectivity index (χ2v) is 4.65. The van der Waals surface area contributed by atoms with Crippen LogP contribution in [0, 0.1) is 11.3 Å². The Bertz CT molecular complexity index is 509. The Morgan fingerprint density at radius 2 is 2.33 bits per heavy atom. The first-order valence-electron chi connectivity index (χ1n) is 5.82. The predicted octanol–water partition coefficient (Wildman–Crippen LogP) is 0.941. The van der Waals surface area contributed by atoms with E-state index < -0.39 is 11.5 Å². The lowest BCUT2D eigenvalue weighted by Gasteiger charge is -2.38. The largest absolute Gasteiger partial charge is 0.480 e. The van der Waals surface area contributed by atoms with Gasteiger partial charge in [0.05, 0.1) is 11.6 Å². The van der Waals surface area contributed by atoms with Crippen molar-refractivity contribution in [1.29, 1.82) is 5.26 Å². The van der Waals surface area contributed by atoms with E-state index in [0.29, 0.717) is 12.0 Å². The molecule has 0 saturated carbocycles. The van der Waals surface area contributed by atoms with Crippen molar-refractivity contribution in [2.75, 3.05) is 18.0 Å². The van der Waals surface area contributed by atoms with Gasteiger partial charge >= 0.3 is 5.97 Å². The summed E-state index contributed by atoms with van der Waals surface area (Å²) in [4.78, 5) is 13.1. The molecule has 1 aromatic carbocycles. The molecule has 1 unspecified atom stereocenters. The highest BCUT2D eigenvalue weighted by molar-refractivity contribution is 5.80. The van der Waals surface area contributed by atoms with E-state index in [-0.39, 0.29) is 6.54 Å². The quantitative estimate of drug-likeness (QED) is 0.809. The number of carbonyl (C=O) groups is 1. The Morgan fingerprint density at radius 3 is 3.00 bits per heavy atom. The van der Waals surface area contributed by atoms with Crippen LogP contribution in [-0.2, 0) is 4.79 Å². The maximum absolute atomic E-state index is 11.2. The maximum Gasteiger partial charge on any atom is 0.325 e. The van der Waals surface area contributed by atoms with Crippen molar-refractivity contribution in [3.05, 3.63) is 29.8 Å².